The Morgan fingerprint density at radius 1 is 0.686 bits per heavy atom. The molecule has 0 saturated heterocycles. The molecule has 6 heteroatoms. The molecule has 0 radical (unpaired) electrons. The monoisotopic (exact) mass is 467 g/mol. The summed E-state index contributed by atoms with van der Waals surface area (Å²) in [4.78, 5) is 31.1. The number of benzene rings is 3. The summed E-state index contributed by atoms with van der Waals surface area (Å²) in [7, 11) is 0. The van der Waals surface area contributed by atoms with E-state index in [4.69, 9.17) is 9.47 Å². The zero-order valence-electron chi connectivity index (χ0n) is 19.5. The van der Waals surface area contributed by atoms with Gasteiger partial charge >= 0.3 is 11.9 Å². The average molecular weight is 468 g/mol. The van der Waals surface area contributed by atoms with Crippen molar-refractivity contribution in [1.29, 1.82) is 0 Å². The van der Waals surface area contributed by atoms with Crippen molar-refractivity contribution in [3.8, 4) is 39.1 Å². The molecule has 1 heterocycles. The van der Waals surface area contributed by atoms with Crippen LogP contribution < -0.4 is 0 Å². The number of esters is 2. The summed E-state index contributed by atoms with van der Waals surface area (Å²) >= 11 is 0. The summed E-state index contributed by atoms with van der Waals surface area (Å²) in [5.74, 6) is -1.64. The number of carbonyl (C=O) groups excluding carboxylic acids is 2. The van der Waals surface area contributed by atoms with E-state index in [1.54, 1.807) is 62.6 Å². The van der Waals surface area contributed by atoms with Crippen molar-refractivity contribution in [3.05, 3.63) is 96.3 Å². The van der Waals surface area contributed by atoms with E-state index in [9.17, 15) is 14.7 Å². The van der Waals surface area contributed by atoms with Gasteiger partial charge in [-0.1, -0.05) is 66.7 Å². The first-order valence-corrected chi connectivity index (χ1v) is 11.4. The first-order chi connectivity index (χ1) is 17.1. The van der Waals surface area contributed by atoms with Gasteiger partial charge in [0.2, 0.25) is 0 Å². The highest BCUT2D eigenvalue weighted by atomic mass is 16.5. The molecule has 0 aliphatic heterocycles. The van der Waals surface area contributed by atoms with Crippen LogP contribution in [0.25, 0.3) is 33.4 Å². The van der Waals surface area contributed by atoms with Crippen LogP contribution >= 0.6 is 0 Å². The molecule has 0 bridgehead atoms. The fourth-order valence-electron chi connectivity index (χ4n) is 4.12. The average Bonchev–Trinajstić information content (AvgIpc) is 2.89. The topological polar surface area (TPSA) is 85.7 Å². The number of ether oxygens (including phenoxy) is 2. The van der Waals surface area contributed by atoms with Crippen molar-refractivity contribution in [2.24, 2.45) is 0 Å². The van der Waals surface area contributed by atoms with Gasteiger partial charge < -0.3 is 14.6 Å². The molecule has 0 saturated carbocycles. The van der Waals surface area contributed by atoms with Crippen LogP contribution in [-0.2, 0) is 9.47 Å². The number of pyridine rings is 1. The van der Waals surface area contributed by atoms with Gasteiger partial charge in [0.1, 0.15) is 11.3 Å². The molecule has 4 aromatic rings. The lowest BCUT2D eigenvalue weighted by molar-refractivity contribution is 0.0524. The quantitative estimate of drug-likeness (QED) is 0.329. The lowest BCUT2D eigenvalue weighted by atomic mass is 9.82. The third-order valence-corrected chi connectivity index (χ3v) is 5.51. The van der Waals surface area contributed by atoms with Gasteiger partial charge in [-0.05, 0) is 31.0 Å². The zero-order chi connectivity index (χ0) is 24.8. The summed E-state index contributed by atoms with van der Waals surface area (Å²) in [6, 6.07) is 21.7. The number of aromatic nitrogens is 1. The van der Waals surface area contributed by atoms with E-state index in [2.05, 4.69) is 4.98 Å². The zero-order valence-corrected chi connectivity index (χ0v) is 19.5. The maximum absolute atomic E-state index is 13.6. The third kappa shape index (κ3) is 4.64. The van der Waals surface area contributed by atoms with Gasteiger partial charge in [0.15, 0.2) is 0 Å². The van der Waals surface area contributed by atoms with Crippen LogP contribution in [0.2, 0.25) is 0 Å². The van der Waals surface area contributed by atoms with Crippen LogP contribution in [0.15, 0.2) is 85.2 Å². The van der Waals surface area contributed by atoms with E-state index < -0.39 is 11.9 Å². The standard InChI is InChI=1S/C29H25NO5/c1-3-34-28(32)25-22(19-12-7-5-8-13-19)24(21-16-11-17-30-18-21)27(31)26(29(33)35-4-2)23(25)20-14-9-6-10-15-20/h5-18,31H,3-4H2,1-2H3. The van der Waals surface area contributed by atoms with Gasteiger partial charge in [-0.2, -0.15) is 0 Å². The molecule has 0 fully saturated rings. The molecular formula is C29H25NO5. The first kappa shape index (κ1) is 23.7. The largest absolute Gasteiger partial charge is 0.506 e. The molecule has 3 aromatic carbocycles. The molecule has 0 unspecified atom stereocenters. The van der Waals surface area contributed by atoms with E-state index >= 15 is 0 Å². The van der Waals surface area contributed by atoms with Gasteiger partial charge in [0.05, 0.1) is 18.8 Å². The lowest BCUT2D eigenvalue weighted by Crippen LogP contribution is -2.15. The molecule has 176 valence electrons. The van der Waals surface area contributed by atoms with Gasteiger partial charge in [0, 0.05) is 34.6 Å². The summed E-state index contributed by atoms with van der Waals surface area (Å²) < 4.78 is 10.8. The van der Waals surface area contributed by atoms with Crippen molar-refractivity contribution in [3.63, 3.8) is 0 Å². The second-order valence-corrected chi connectivity index (χ2v) is 7.64. The van der Waals surface area contributed by atoms with Crippen molar-refractivity contribution < 1.29 is 24.2 Å². The minimum Gasteiger partial charge on any atom is -0.506 e. The van der Waals surface area contributed by atoms with Crippen molar-refractivity contribution >= 4 is 11.9 Å². The van der Waals surface area contributed by atoms with Crippen LogP contribution in [0.5, 0.6) is 5.75 Å². The smallest absolute Gasteiger partial charge is 0.342 e. The van der Waals surface area contributed by atoms with Crippen LogP contribution in [0.4, 0.5) is 0 Å². The van der Waals surface area contributed by atoms with Gasteiger partial charge in [-0.3, -0.25) is 4.98 Å². The predicted molar refractivity (Wildman–Crippen MR) is 134 cm³/mol. The normalized spacial score (nSPS) is 10.6. The predicted octanol–water partition coefficient (Wildman–Crippen LogP) is 6.14. The molecule has 0 atom stereocenters. The minimum absolute atomic E-state index is 0.0976. The summed E-state index contributed by atoms with van der Waals surface area (Å²) in [5.41, 5.74) is 2.87. The number of hydrogen-bond donors (Lipinski definition) is 1. The molecule has 35 heavy (non-hydrogen) atoms. The van der Waals surface area contributed by atoms with Gasteiger partial charge in [0.25, 0.3) is 0 Å². The third-order valence-electron chi connectivity index (χ3n) is 5.51. The summed E-state index contributed by atoms with van der Waals surface area (Å²) in [6.45, 7) is 3.64. The number of hydrogen-bond acceptors (Lipinski definition) is 6. The Kier molecular flexibility index (Phi) is 7.21. The van der Waals surface area contributed by atoms with Crippen LogP contribution in [0.3, 0.4) is 0 Å². The van der Waals surface area contributed by atoms with Crippen molar-refractivity contribution in [1.82, 2.24) is 4.98 Å². The Morgan fingerprint density at radius 2 is 1.20 bits per heavy atom. The molecular weight excluding hydrogens is 442 g/mol. The Morgan fingerprint density at radius 3 is 1.71 bits per heavy atom. The molecule has 0 aliphatic carbocycles. The number of phenolic OH excluding ortho intramolecular Hbond substituents is 1. The number of carbonyl (C=O) groups is 2. The number of phenols is 1. The van der Waals surface area contributed by atoms with Gasteiger partial charge in [-0.15, -0.1) is 0 Å². The first-order valence-electron chi connectivity index (χ1n) is 11.4. The molecule has 0 spiro atoms. The van der Waals surface area contributed by atoms with E-state index in [1.165, 1.54) is 0 Å². The number of rotatable bonds is 7. The molecule has 1 N–H and O–H groups in total. The maximum Gasteiger partial charge on any atom is 0.342 e. The fourth-order valence-corrected chi connectivity index (χ4v) is 4.12. The Balaban J connectivity index is 2.26. The van der Waals surface area contributed by atoms with Gasteiger partial charge in [-0.25, -0.2) is 9.59 Å². The Bertz CT molecular complexity index is 1340. The highest BCUT2D eigenvalue weighted by Crippen LogP contribution is 2.49. The maximum atomic E-state index is 13.6. The van der Waals surface area contributed by atoms with Crippen molar-refractivity contribution in [2.75, 3.05) is 13.2 Å². The number of aromatic hydroxyl groups is 1. The summed E-state index contributed by atoms with van der Waals surface area (Å²) in [6.07, 6.45) is 3.19. The van der Waals surface area contributed by atoms with Crippen LogP contribution in [0, 0.1) is 0 Å². The second kappa shape index (κ2) is 10.7. The van der Waals surface area contributed by atoms with E-state index in [-0.39, 0.29) is 35.7 Å². The SMILES string of the molecule is CCOC(=O)c1c(O)c(-c2cccnc2)c(-c2ccccc2)c(C(=O)OCC)c1-c1ccccc1. The Labute approximate surface area is 203 Å². The highest BCUT2D eigenvalue weighted by molar-refractivity contribution is 6.16. The van der Waals surface area contributed by atoms with E-state index in [0.717, 1.165) is 0 Å². The molecule has 1 aromatic heterocycles. The fraction of sp³-hybridized carbons (Fsp3) is 0.138. The van der Waals surface area contributed by atoms with E-state index in [0.29, 0.717) is 27.8 Å². The molecule has 4 rings (SSSR count). The van der Waals surface area contributed by atoms with Crippen LogP contribution in [0.1, 0.15) is 34.6 Å². The molecule has 0 aliphatic rings. The summed E-state index contributed by atoms with van der Waals surface area (Å²) in [5, 5.41) is 11.7. The highest BCUT2D eigenvalue weighted by Gasteiger charge is 2.33. The van der Waals surface area contributed by atoms with E-state index in [1.807, 2.05) is 36.4 Å². The molecule has 6 nitrogen and oxygen atoms in total. The van der Waals surface area contributed by atoms with Crippen molar-refractivity contribution in [2.45, 2.75) is 13.8 Å². The number of nitrogens with zero attached hydrogens (tertiary/aromatic N) is 1. The second-order valence-electron chi connectivity index (χ2n) is 7.64. The minimum atomic E-state index is -0.737. The lowest BCUT2D eigenvalue weighted by Gasteiger charge is -2.23. The Hall–Kier alpha value is -4.45. The molecule has 0 amide bonds. The van der Waals surface area contributed by atoms with Crippen LogP contribution in [-0.4, -0.2) is 35.2 Å².